The predicted molar refractivity (Wildman–Crippen MR) is 68.3 cm³/mol. The van der Waals surface area contributed by atoms with E-state index in [4.69, 9.17) is 5.11 Å². The van der Waals surface area contributed by atoms with Gasteiger partial charge in [0.05, 0.1) is 0 Å². The maximum Gasteiger partial charge on any atom is 0.326 e. The molecule has 0 spiro atoms. The smallest absolute Gasteiger partial charge is 0.326 e. The zero-order chi connectivity index (χ0) is 13.5. The number of hydrogen-bond donors (Lipinski definition) is 3. The first-order valence-corrected chi connectivity index (χ1v) is 5.86. The van der Waals surface area contributed by atoms with E-state index in [1.54, 1.807) is 6.92 Å². The zero-order valence-corrected chi connectivity index (χ0v) is 10.6. The van der Waals surface area contributed by atoms with Crippen molar-refractivity contribution in [3.63, 3.8) is 0 Å². The molecule has 0 aliphatic heterocycles. The molecule has 98 valence electrons. The molecule has 0 unspecified atom stereocenters. The van der Waals surface area contributed by atoms with Gasteiger partial charge in [0.1, 0.15) is 6.04 Å². The quantitative estimate of drug-likeness (QED) is 0.743. The Kier molecular flexibility index (Phi) is 5.17. The van der Waals surface area contributed by atoms with E-state index in [1.165, 1.54) is 0 Å². The predicted octanol–water partition coefficient (Wildman–Crippen LogP) is 1.66. The maximum atomic E-state index is 11.5. The molecule has 0 saturated carbocycles. The lowest BCUT2D eigenvalue weighted by Gasteiger charge is -2.13. The molecule has 18 heavy (non-hydrogen) atoms. The standard InChI is InChI=1S/C13H18N2O3/c1-3-11(12(16)17)15-13(18)14-8-10-7-5-4-6-9(10)2/h4-7,11H,3,8H2,1-2H3,(H,16,17)(H2,14,15,18)/t11-/m1/s1. The van der Waals surface area contributed by atoms with Gasteiger partial charge in [-0.05, 0) is 24.5 Å². The highest BCUT2D eigenvalue weighted by Crippen LogP contribution is 2.05. The van der Waals surface area contributed by atoms with E-state index >= 15 is 0 Å². The van der Waals surface area contributed by atoms with Crippen LogP contribution in [0.1, 0.15) is 24.5 Å². The Morgan fingerprint density at radius 3 is 2.56 bits per heavy atom. The van der Waals surface area contributed by atoms with Crippen LogP contribution in [0.2, 0.25) is 0 Å². The van der Waals surface area contributed by atoms with Gasteiger partial charge in [-0.15, -0.1) is 0 Å². The van der Waals surface area contributed by atoms with Crippen molar-refractivity contribution in [2.24, 2.45) is 0 Å². The number of aliphatic carboxylic acids is 1. The van der Waals surface area contributed by atoms with Crippen molar-refractivity contribution in [1.82, 2.24) is 10.6 Å². The number of urea groups is 1. The SMILES string of the molecule is CC[C@@H](NC(=O)NCc1ccccc1C)C(=O)O. The summed E-state index contributed by atoms with van der Waals surface area (Å²) in [6.45, 7) is 4.05. The molecule has 5 nitrogen and oxygen atoms in total. The lowest BCUT2D eigenvalue weighted by atomic mass is 10.1. The molecular weight excluding hydrogens is 232 g/mol. The van der Waals surface area contributed by atoms with Crippen LogP contribution in [0.25, 0.3) is 0 Å². The van der Waals surface area contributed by atoms with E-state index in [1.807, 2.05) is 31.2 Å². The number of nitrogens with one attached hydrogen (secondary N) is 2. The fraction of sp³-hybridized carbons (Fsp3) is 0.385. The second kappa shape index (κ2) is 6.64. The Balaban J connectivity index is 2.47. The summed E-state index contributed by atoms with van der Waals surface area (Å²) in [5, 5.41) is 13.9. The third-order valence-corrected chi connectivity index (χ3v) is 2.71. The Bertz CT molecular complexity index is 432. The number of carbonyl (C=O) groups excluding carboxylic acids is 1. The van der Waals surface area contributed by atoms with Crippen molar-refractivity contribution >= 4 is 12.0 Å². The average Bonchev–Trinajstić information content (AvgIpc) is 2.34. The summed E-state index contributed by atoms with van der Waals surface area (Å²) in [7, 11) is 0. The Morgan fingerprint density at radius 2 is 2.00 bits per heavy atom. The average molecular weight is 250 g/mol. The highest BCUT2D eigenvalue weighted by molar-refractivity contribution is 5.82. The third-order valence-electron chi connectivity index (χ3n) is 2.71. The van der Waals surface area contributed by atoms with Crippen LogP contribution in [-0.4, -0.2) is 23.1 Å². The molecule has 0 aliphatic carbocycles. The number of aryl methyl sites for hydroxylation is 1. The number of hydrogen-bond acceptors (Lipinski definition) is 2. The first-order valence-electron chi connectivity index (χ1n) is 5.86. The summed E-state index contributed by atoms with van der Waals surface area (Å²) in [4.78, 5) is 22.3. The topological polar surface area (TPSA) is 78.4 Å². The summed E-state index contributed by atoms with van der Waals surface area (Å²) in [6, 6.07) is 6.39. The number of carboxylic acids is 1. The second-order valence-electron chi connectivity index (χ2n) is 4.05. The monoisotopic (exact) mass is 250 g/mol. The normalized spacial score (nSPS) is 11.7. The van der Waals surface area contributed by atoms with E-state index in [0.29, 0.717) is 13.0 Å². The molecule has 0 heterocycles. The third kappa shape index (κ3) is 4.08. The summed E-state index contributed by atoms with van der Waals surface area (Å²) in [5.74, 6) is -1.02. The fourth-order valence-corrected chi connectivity index (χ4v) is 1.53. The van der Waals surface area contributed by atoms with Crippen LogP contribution in [0.3, 0.4) is 0 Å². The van der Waals surface area contributed by atoms with Crippen LogP contribution in [0, 0.1) is 6.92 Å². The molecule has 0 aliphatic rings. The molecule has 0 aromatic heterocycles. The first kappa shape index (κ1) is 14.0. The van der Waals surface area contributed by atoms with Crippen molar-refractivity contribution in [3.8, 4) is 0 Å². The van der Waals surface area contributed by atoms with E-state index in [9.17, 15) is 9.59 Å². The van der Waals surface area contributed by atoms with E-state index in [0.717, 1.165) is 11.1 Å². The van der Waals surface area contributed by atoms with Gasteiger partial charge in [0, 0.05) is 6.54 Å². The molecule has 1 aromatic rings. The van der Waals surface area contributed by atoms with Gasteiger partial charge in [-0.3, -0.25) is 0 Å². The molecule has 0 bridgehead atoms. The lowest BCUT2D eigenvalue weighted by Crippen LogP contribution is -2.45. The van der Waals surface area contributed by atoms with Gasteiger partial charge in [-0.2, -0.15) is 0 Å². The molecule has 0 saturated heterocycles. The molecule has 0 radical (unpaired) electrons. The van der Waals surface area contributed by atoms with Gasteiger partial charge in [0.2, 0.25) is 0 Å². The molecular formula is C13H18N2O3. The van der Waals surface area contributed by atoms with Crippen LogP contribution < -0.4 is 10.6 Å². The molecule has 3 N–H and O–H groups in total. The van der Waals surface area contributed by atoms with E-state index in [2.05, 4.69) is 10.6 Å². The van der Waals surface area contributed by atoms with E-state index < -0.39 is 18.0 Å². The van der Waals surface area contributed by atoms with Crippen molar-refractivity contribution in [3.05, 3.63) is 35.4 Å². The fourth-order valence-electron chi connectivity index (χ4n) is 1.53. The van der Waals surface area contributed by atoms with Gasteiger partial charge in [0.25, 0.3) is 0 Å². The first-order chi connectivity index (χ1) is 8.54. The highest BCUT2D eigenvalue weighted by atomic mass is 16.4. The highest BCUT2D eigenvalue weighted by Gasteiger charge is 2.16. The molecule has 0 fully saturated rings. The zero-order valence-electron chi connectivity index (χ0n) is 10.6. The molecule has 2 amide bonds. The van der Waals surface area contributed by atoms with Crippen molar-refractivity contribution in [1.29, 1.82) is 0 Å². The molecule has 1 aromatic carbocycles. The van der Waals surface area contributed by atoms with Crippen LogP contribution in [-0.2, 0) is 11.3 Å². The van der Waals surface area contributed by atoms with Gasteiger partial charge in [-0.1, -0.05) is 31.2 Å². The lowest BCUT2D eigenvalue weighted by molar-refractivity contribution is -0.139. The number of amides is 2. The Hall–Kier alpha value is -2.04. The van der Waals surface area contributed by atoms with Crippen LogP contribution in [0.4, 0.5) is 4.79 Å². The summed E-state index contributed by atoms with van der Waals surface area (Å²) < 4.78 is 0. The minimum atomic E-state index is -1.02. The molecule has 1 atom stereocenters. The summed E-state index contributed by atoms with van der Waals surface area (Å²) in [6.07, 6.45) is 0.354. The summed E-state index contributed by atoms with van der Waals surface area (Å²) in [5.41, 5.74) is 2.10. The van der Waals surface area contributed by atoms with Gasteiger partial charge >= 0.3 is 12.0 Å². The minimum Gasteiger partial charge on any atom is -0.480 e. The number of benzene rings is 1. The second-order valence-corrected chi connectivity index (χ2v) is 4.05. The number of rotatable bonds is 5. The maximum absolute atomic E-state index is 11.5. The van der Waals surface area contributed by atoms with Crippen molar-refractivity contribution < 1.29 is 14.7 Å². The van der Waals surface area contributed by atoms with Gasteiger partial charge in [-0.25, -0.2) is 9.59 Å². The van der Waals surface area contributed by atoms with Crippen LogP contribution in [0.5, 0.6) is 0 Å². The molecule has 1 rings (SSSR count). The van der Waals surface area contributed by atoms with Gasteiger partial charge < -0.3 is 15.7 Å². The van der Waals surface area contributed by atoms with Crippen LogP contribution >= 0.6 is 0 Å². The Morgan fingerprint density at radius 1 is 1.33 bits per heavy atom. The largest absolute Gasteiger partial charge is 0.480 e. The van der Waals surface area contributed by atoms with Crippen LogP contribution in [0.15, 0.2) is 24.3 Å². The Labute approximate surface area is 106 Å². The van der Waals surface area contributed by atoms with Crippen molar-refractivity contribution in [2.45, 2.75) is 32.9 Å². The van der Waals surface area contributed by atoms with Gasteiger partial charge in [0.15, 0.2) is 0 Å². The minimum absolute atomic E-state index is 0.354. The number of carboxylic acid groups (broad SMARTS) is 1. The number of carbonyl (C=O) groups is 2. The summed E-state index contributed by atoms with van der Waals surface area (Å²) >= 11 is 0. The van der Waals surface area contributed by atoms with E-state index in [-0.39, 0.29) is 0 Å². The van der Waals surface area contributed by atoms with Crippen molar-refractivity contribution in [2.75, 3.05) is 0 Å². The molecule has 5 heteroatoms.